The Bertz CT molecular complexity index is 109. The second-order valence-corrected chi connectivity index (χ2v) is 3.64. The second-order valence-electron chi connectivity index (χ2n) is 3.64. The topological polar surface area (TPSA) is 41.5 Å². The smallest absolute Gasteiger partial charge is 0.0897 e. The molecule has 0 saturated heterocycles. The molecule has 14 heavy (non-hydrogen) atoms. The Hall–Kier alpha value is -0.120. The van der Waals surface area contributed by atoms with E-state index in [1.165, 1.54) is 12.8 Å². The van der Waals surface area contributed by atoms with E-state index in [0.717, 1.165) is 26.0 Å². The highest BCUT2D eigenvalue weighted by Crippen LogP contribution is 1.94. The SMILES string of the molecule is CCCCCOCC(O)CNCCC. The molecule has 3 nitrogen and oxygen atoms in total. The van der Waals surface area contributed by atoms with Gasteiger partial charge in [-0.25, -0.2) is 0 Å². The molecule has 1 unspecified atom stereocenters. The zero-order chi connectivity index (χ0) is 10.6. The highest BCUT2D eigenvalue weighted by molar-refractivity contribution is 4.57. The van der Waals surface area contributed by atoms with Gasteiger partial charge in [0.2, 0.25) is 0 Å². The predicted octanol–water partition coefficient (Wildman–Crippen LogP) is 1.55. The van der Waals surface area contributed by atoms with Crippen LogP contribution in [0.1, 0.15) is 39.5 Å². The molecule has 0 spiro atoms. The largest absolute Gasteiger partial charge is 0.389 e. The summed E-state index contributed by atoms with van der Waals surface area (Å²) in [7, 11) is 0. The van der Waals surface area contributed by atoms with E-state index in [2.05, 4.69) is 19.2 Å². The van der Waals surface area contributed by atoms with E-state index in [4.69, 9.17) is 4.74 Å². The number of hydrogen-bond donors (Lipinski definition) is 2. The number of aliphatic hydroxyl groups is 1. The van der Waals surface area contributed by atoms with Gasteiger partial charge < -0.3 is 15.2 Å². The van der Waals surface area contributed by atoms with E-state index in [1.54, 1.807) is 0 Å². The van der Waals surface area contributed by atoms with Crippen LogP contribution in [0.2, 0.25) is 0 Å². The Morgan fingerprint density at radius 3 is 2.64 bits per heavy atom. The maximum atomic E-state index is 9.44. The summed E-state index contributed by atoms with van der Waals surface area (Å²) < 4.78 is 5.34. The molecular formula is C11H25NO2. The van der Waals surface area contributed by atoms with E-state index in [0.29, 0.717) is 13.2 Å². The molecule has 86 valence electrons. The van der Waals surface area contributed by atoms with Crippen molar-refractivity contribution in [3.63, 3.8) is 0 Å². The van der Waals surface area contributed by atoms with Crippen molar-refractivity contribution < 1.29 is 9.84 Å². The maximum absolute atomic E-state index is 9.44. The number of hydrogen-bond acceptors (Lipinski definition) is 3. The van der Waals surface area contributed by atoms with E-state index in [-0.39, 0.29) is 6.10 Å². The molecular weight excluding hydrogens is 178 g/mol. The standard InChI is InChI=1S/C11H25NO2/c1-3-5-6-8-14-10-11(13)9-12-7-4-2/h11-13H,3-10H2,1-2H3. The number of ether oxygens (including phenoxy) is 1. The first-order valence-corrected chi connectivity index (χ1v) is 5.77. The molecule has 0 aromatic carbocycles. The molecule has 0 heterocycles. The predicted molar refractivity (Wildman–Crippen MR) is 59.5 cm³/mol. The van der Waals surface area contributed by atoms with Crippen molar-refractivity contribution in [3.8, 4) is 0 Å². The average molecular weight is 203 g/mol. The van der Waals surface area contributed by atoms with E-state index >= 15 is 0 Å². The van der Waals surface area contributed by atoms with Crippen molar-refractivity contribution in [1.82, 2.24) is 5.32 Å². The maximum Gasteiger partial charge on any atom is 0.0897 e. The Balaban J connectivity index is 3.06. The molecule has 0 radical (unpaired) electrons. The van der Waals surface area contributed by atoms with Crippen molar-refractivity contribution in [2.24, 2.45) is 0 Å². The number of nitrogens with one attached hydrogen (secondary N) is 1. The van der Waals surface area contributed by atoms with E-state index in [1.807, 2.05) is 0 Å². The van der Waals surface area contributed by atoms with E-state index in [9.17, 15) is 5.11 Å². The molecule has 0 aliphatic heterocycles. The van der Waals surface area contributed by atoms with Crippen LogP contribution >= 0.6 is 0 Å². The second kappa shape index (κ2) is 11.0. The van der Waals surface area contributed by atoms with Gasteiger partial charge in [0.1, 0.15) is 0 Å². The van der Waals surface area contributed by atoms with Crippen LogP contribution in [0.25, 0.3) is 0 Å². The summed E-state index contributed by atoms with van der Waals surface area (Å²) in [4.78, 5) is 0. The molecule has 0 saturated carbocycles. The fourth-order valence-electron chi connectivity index (χ4n) is 1.18. The van der Waals surface area contributed by atoms with Gasteiger partial charge in [-0.05, 0) is 19.4 Å². The first kappa shape index (κ1) is 13.9. The van der Waals surface area contributed by atoms with Crippen molar-refractivity contribution in [2.75, 3.05) is 26.3 Å². The summed E-state index contributed by atoms with van der Waals surface area (Å²) in [6.07, 6.45) is 4.27. The van der Waals surface area contributed by atoms with Crippen molar-refractivity contribution >= 4 is 0 Å². The van der Waals surface area contributed by atoms with Gasteiger partial charge in [0.05, 0.1) is 12.7 Å². The fourth-order valence-corrected chi connectivity index (χ4v) is 1.18. The van der Waals surface area contributed by atoms with Crippen LogP contribution in [0.3, 0.4) is 0 Å². The normalized spacial score (nSPS) is 13.1. The molecule has 0 rings (SSSR count). The van der Waals surface area contributed by atoms with E-state index < -0.39 is 0 Å². The third kappa shape index (κ3) is 9.96. The lowest BCUT2D eigenvalue weighted by Gasteiger charge is -2.11. The Kier molecular flexibility index (Phi) is 10.9. The molecule has 0 fully saturated rings. The lowest BCUT2D eigenvalue weighted by Crippen LogP contribution is -2.30. The Labute approximate surface area is 87.8 Å². The van der Waals surface area contributed by atoms with Gasteiger partial charge in [-0.3, -0.25) is 0 Å². The quantitative estimate of drug-likeness (QED) is 0.529. The summed E-state index contributed by atoms with van der Waals surface area (Å²) in [5.41, 5.74) is 0. The molecule has 2 N–H and O–H groups in total. The third-order valence-electron chi connectivity index (χ3n) is 2.01. The number of rotatable bonds is 10. The molecule has 0 aliphatic carbocycles. The highest BCUT2D eigenvalue weighted by atomic mass is 16.5. The molecule has 0 aliphatic rings. The third-order valence-corrected chi connectivity index (χ3v) is 2.01. The Morgan fingerprint density at radius 1 is 1.21 bits per heavy atom. The van der Waals surface area contributed by atoms with Crippen LogP contribution in [-0.2, 0) is 4.74 Å². The molecule has 1 atom stereocenters. The summed E-state index contributed by atoms with van der Waals surface area (Å²) in [5, 5.41) is 12.6. The first-order chi connectivity index (χ1) is 6.81. The zero-order valence-electron chi connectivity index (χ0n) is 9.59. The minimum Gasteiger partial charge on any atom is -0.389 e. The minimum absolute atomic E-state index is 0.358. The van der Waals surface area contributed by atoms with Crippen LogP contribution in [0.4, 0.5) is 0 Å². The van der Waals surface area contributed by atoms with Gasteiger partial charge in [0.25, 0.3) is 0 Å². The summed E-state index contributed by atoms with van der Waals surface area (Å²) in [5.74, 6) is 0. The van der Waals surface area contributed by atoms with Gasteiger partial charge >= 0.3 is 0 Å². The lowest BCUT2D eigenvalue weighted by molar-refractivity contribution is 0.0357. The molecule has 0 aromatic rings. The number of unbranched alkanes of at least 4 members (excludes halogenated alkanes) is 2. The van der Waals surface area contributed by atoms with Crippen molar-refractivity contribution in [2.45, 2.75) is 45.6 Å². The van der Waals surface area contributed by atoms with Crippen LogP contribution in [-0.4, -0.2) is 37.5 Å². The van der Waals surface area contributed by atoms with Gasteiger partial charge in [-0.1, -0.05) is 26.7 Å². The summed E-state index contributed by atoms with van der Waals surface area (Å²) >= 11 is 0. The number of aliphatic hydroxyl groups excluding tert-OH is 1. The van der Waals surface area contributed by atoms with Gasteiger partial charge in [-0.15, -0.1) is 0 Å². The molecule has 0 amide bonds. The van der Waals surface area contributed by atoms with Gasteiger partial charge in [0.15, 0.2) is 0 Å². The van der Waals surface area contributed by atoms with Crippen molar-refractivity contribution in [1.29, 1.82) is 0 Å². The summed E-state index contributed by atoms with van der Waals surface area (Å²) in [6.45, 7) is 7.12. The molecule has 0 bridgehead atoms. The van der Waals surface area contributed by atoms with Crippen molar-refractivity contribution in [3.05, 3.63) is 0 Å². The van der Waals surface area contributed by atoms with Crippen LogP contribution in [0.5, 0.6) is 0 Å². The average Bonchev–Trinajstić information content (AvgIpc) is 2.18. The minimum atomic E-state index is -0.358. The monoisotopic (exact) mass is 203 g/mol. The highest BCUT2D eigenvalue weighted by Gasteiger charge is 2.02. The molecule has 3 heteroatoms. The first-order valence-electron chi connectivity index (χ1n) is 5.77. The fraction of sp³-hybridized carbons (Fsp3) is 1.00. The van der Waals surface area contributed by atoms with Gasteiger partial charge in [-0.2, -0.15) is 0 Å². The zero-order valence-corrected chi connectivity index (χ0v) is 9.59. The van der Waals surface area contributed by atoms with Crippen LogP contribution in [0.15, 0.2) is 0 Å². The Morgan fingerprint density at radius 2 is 2.00 bits per heavy atom. The molecule has 0 aromatic heterocycles. The van der Waals surface area contributed by atoms with Gasteiger partial charge in [0, 0.05) is 13.2 Å². The summed E-state index contributed by atoms with van der Waals surface area (Å²) in [6, 6.07) is 0. The van der Waals surface area contributed by atoms with Crippen LogP contribution < -0.4 is 5.32 Å². The van der Waals surface area contributed by atoms with Crippen LogP contribution in [0, 0.1) is 0 Å². The lowest BCUT2D eigenvalue weighted by atomic mass is 10.3.